The van der Waals surface area contributed by atoms with Crippen LogP contribution in [-0.4, -0.2) is 72.3 Å². The van der Waals surface area contributed by atoms with E-state index in [1.165, 1.54) is 0 Å². The van der Waals surface area contributed by atoms with Gasteiger partial charge in [0.05, 0.1) is 6.54 Å². The molecule has 5 nitrogen and oxygen atoms in total. The number of rotatable bonds is 6. The first kappa shape index (κ1) is 17.0. The number of allylic oxidation sites excluding steroid dienone is 2. The van der Waals surface area contributed by atoms with Crippen LogP contribution in [0, 0.1) is 5.92 Å². The summed E-state index contributed by atoms with van der Waals surface area (Å²) in [5.41, 5.74) is 0. The smallest absolute Gasteiger partial charge is 0.236 e. The summed E-state index contributed by atoms with van der Waals surface area (Å²) in [7, 11) is 0. The maximum atomic E-state index is 12.3. The first-order chi connectivity index (χ1) is 10.6. The Morgan fingerprint density at radius 3 is 2.36 bits per heavy atom. The van der Waals surface area contributed by atoms with Gasteiger partial charge in [0.25, 0.3) is 0 Å². The van der Waals surface area contributed by atoms with Gasteiger partial charge in [0.15, 0.2) is 0 Å². The van der Waals surface area contributed by atoms with Crippen molar-refractivity contribution in [2.45, 2.75) is 33.1 Å². The molecule has 0 aromatic heterocycles. The largest absolute Gasteiger partial charge is 0.342 e. The average molecular weight is 307 g/mol. The molecule has 0 bridgehead atoms. The van der Waals surface area contributed by atoms with Crippen molar-refractivity contribution in [1.29, 1.82) is 0 Å². The molecule has 1 aliphatic carbocycles. The lowest BCUT2D eigenvalue weighted by atomic mass is 10.0. The fourth-order valence-corrected chi connectivity index (χ4v) is 3.24. The van der Waals surface area contributed by atoms with E-state index in [0.29, 0.717) is 18.9 Å². The maximum absolute atomic E-state index is 12.3. The molecule has 0 radical (unpaired) electrons. The molecular weight excluding hydrogens is 278 g/mol. The van der Waals surface area contributed by atoms with Gasteiger partial charge in [-0.3, -0.25) is 14.5 Å². The summed E-state index contributed by atoms with van der Waals surface area (Å²) in [5, 5.41) is 0. The zero-order valence-corrected chi connectivity index (χ0v) is 14.0. The minimum atomic E-state index is 0.195. The lowest BCUT2D eigenvalue weighted by molar-refractivity contribution is -0.135. The molecule has 0 spiro atoms. The summed E-state index contributed by atoms with van der Waals surface area (Å²) in [6.07, 6.45) is 7.23. The number of likely N-dealkylation sites (N-methyl/N-ethyl adjacent to an activating group) is 1. The Hall–Kier alpha value is -1.36. The summed E-state index contributed by atoms with van der Waals surface area (Å²) < 4.78 is 0. The molecule has 1 saturated heterocycles. The van der Waals surface area contributed by atoms with Crippen LogP contribution >= 0.6 is 0 Å². The molecule has 124 valence electrons. The van der Waals surface area contributed by atoms with Crippen LogP contribution in [-0.2, 0) is 9.59 Å². The van der Waals surface area contributed by atoms with Gasteiger partial charge in [-0.05, 0) is 32.6 Å². The van der Waals surface area contributed by atoms with E-state index in [2.05, 4.69) is 17.1 Å². The van der Waals surface area contributed by atoms with Gasteiger partial charge in [-0.15, -0.1) is 0 Å². The summed E-state index contributed by atoms with van der Waals surface area (Å²) in [6.45, 7) is 9.14. The Morgan fingerprint density at radius 1 is 1.14 bits per heavy atom. The molecule has 1 atom stereocenters. The predicted octanol–water partition coefficient (Wildman–Crippen LogP) is 1.36. The van der Waals surface area contributed by atoms with Crippen LogP contribution in [0.25, 0.3) is 0 Å². The van der Waals surface area contributed by atoms with Crippen LogP contribution in [0.15, 0.2) is 12.2 Å². The topological polar surface area (TPSA) is 43.9 Å². The van der Waals surface area contributed by atoms with Crippen molar-refractivity contribution < 1.29 is 9.59 Å². The molecule has 0 aromatic carbocycles. The number of nitrogens with zero attached hydrogens (tertiary/aromatic N) is 3. The van der Waals surface area contributed by atoms with E-state index < -0.39 is 0 Å². The lowest BCUT2D eigenvalue weighted by Gasteiger charge is -2.35. The Labute approximate surface area is 133 Å². The molecular formula is C17H29N3O2. The van der Waals surface area contributed by atoms with Crippen LogP contribution in [0.5, 0.6) is 0 Å². The summed E-state index contributed by atoms with van der Waals surface area (Å²) in [6, 6.07) is 0. The van der Waals surface area contributed by atoms with E-state index in [4.69, 9.17) is 0 Å². The molecule has 1 unspecified atom stereocenters. The minimum Gasteiger partial charge on any atom is -0.342 e. The standard InChI is InChI=1S/C17H29N3O2/c1-3-19(4-2)17(22)14-18-9-11-20(12-10-18)16(21)13-15-7-5-6-8-15/h5,7,15H,3-4,6,8-14H2,1-2H3. The highest BCUT2D eigenvalue weighted by Gasteiger charge is 2.25. The Bertz CT molecular complexity index is 410. The van der Waals surface area contributed by atoms with E-state index in [1.807, 2.05) is 23.6 Å². The number of hydrogen-bond acceptors (Lipinski definition) is 3. The summed E-state index contributed by atoms with van der Waals surface area (Å²) >= 11 is 0. The molecule has 0 N–H and O–H groups in total. The molecule has 2 aliphatic rings. The fourth-order valence-electron chi connectivity index (χ4n) is 3.24. The SMILES string of the molecule is CCN(CC)C(=O)CN1CCN(C(=O)CC2C=CCC2)CC1. The van der Waals surface area contributed by atoms with E-state index in [9.17, 15) is 9.59 Å². The van der Waals surface area contributed by atoms with Gasteiger partial charge < -0.3 is 9.80 Å². The van der Waals surface area contributed by atoms with Crippen molar-refractivity contribution in [2.75, 3.05) is 45.8 Å². The quantitative estimate of drug-likeness (QED) is 0.696. The second kappa shape index (κ2) is 8.32. The van der Waals surface area contributed by atoms with E-state index in [-0.39, 0.29) is 11.8 Å². The van der Waals surface area contributed by atoms with Crippen LogP contribution in [0.4, 0.5) is 0 Å². The lowest BCUT2D eigenvalue weighted by Crippen LogP contribution is -2.51. The Morgan fingerprint density at radius 2 is 1.82 bits per heavy atom. The van der Waals surface area contributed by atoms with Crippen LogP contribution in [0.1, 0.15) is 33.1 Å². The zero-order valence-electron chi connectivity index (χ0n) is 14.0. The maximum Gasteiger partial charge on any atom is 0.236 e. The van der Waals surface area contributed by atoms with Crippen molar-refractivity contribution in [2.24, 2.45) is 5.92 Å². The highest BCUT2D eigenvalue weighted by Crippen LogP contribution is 2.21. The molecule has 2 amide bonds. The molecule has 1 fully saturated rings. The third kappa shape index (κ3) is 4.57. The molecule has 22 heavy (non-hydrogen) atoms. The van der Waals surface area contributed by atoms with Crippen molar-refractivity contribution in [3.8, 4) is 0 Å². The molecule has 0 saturated carbocycles. The second-order valence-electron chi connectivity index (χ2n) is 6.19. The Balaban J connectivity index is 1.72. The molecule has 5 heteroatoms. The summed E-state index contributed by atoms with van der Waals surface area (Å²) in [5.74, 6) is 0.905. The third-order valence-corrected chi connectivity index (χ3v) is 4.75. The van der Waals surface area contributed by atoms with Gasteiger partial charge in [-0.25, -0.2) is 0 Å². The second-order valence-corrected chi connectivity index (χ2v) is 6.19. The van der Waals surface area contributed by atoms with Gasteiger partial charge >= 0.3 is 0 Å². The highest BCUT2D eigenvalue weighted by molar-refractivity contribution is 5.78. The fraction of sp³-hybridized carbons (Fsp3) is 0.765. The van der Waals surface area contributed by atoms with Gasteiger partial charge in [0.2, 0.25) is 11.8 Å². The monoisotopic (exact) mass is 307 g/mol. The summed E-state index contributed by atoms with van der Waals surface area (Å²) in [4.78, 5) is 30.4. The zero-order chi connectivity index (χ0) is 15.9. The molecule has 0 aromatic rings. The minimum absolute atomic E-state index is 0.195. The highest BCUT2D eigenvalue weighted by atomic mass is 16.2. The van der Waals surface area contributed by atoms with Crippen molar-refractivity contribution >= 4 is 11.8 Å². The average Bonchev–Trinajstić information content (AvgIpc) is 3.02. The molecule has 2 rings (SSSR count). The van der Waals surface area contributed by atoms with Gasteiger partial charge in [0, 0.05) is 45.7 Å². The van der Waals surface area contributed by atoms with Crippen LogP contribution in [0.3, 0.4) is 0 Å². The normalized spacial score (nSPS) is 22.1. The molecule has 1 heterocycles. The number of carbonyl (C=O) groups excluding carboxylic acids is 2. The van der Waals surface area contributed by atoms with Gasteiger partial charge in [-0.1, -0.05) is 12.2 Å². The van der Waals surface area contributed by atoms with Crippen molar-refractivity contribution in [1.82, 2.24) is 14.7 Å². The third-order valence-electron chi connectivity index (χ3n) is 4.75. The van der Waals surface area contributed by atoms with E-state index in [0.717, 1.165) is 52.1 Å². The van der Waals surface area contributed by atoms with E-state index in [1.54, 1.807) is 0 Å². The van der Waals surface area contributed by atoms with Gasteiger partial charge in [0.1, 0.15) is 0 Å². The predicted molar refractivity (Wildman–Crippen MR) is 87.4 cm³/mol. The van der Waals surface area contributed by atoms with Crippen LogP contribution in [0.2, 0.25) is 0 Å². The molecule has 1 aliphatic heterocycles. The van der Waals surface area contributed by atoms with Gasteiger partial charge in [-0.2, -0.15) is 0 Å². The Kier molecular flexibility index (Phi) is 6.43. The number of piperazine rings is 1. The number of carbonyl (C=O) groups is 2. The van der Waals surface area contributed by atoms with E-state index >= 15 is 0 Å². The van der Waals surface area contributed by atoms with Crippen LogP contribution < -0.4 is 0 Å². The first-order valence-corrected chi connectivity index (χ1v) is 8.58. The van der Waals surface area contributed by atoms with Crippen molar-refractivity contribution in [3.63, 3.8) is 0 Å². The number of amides is 2. The van der Waals surface area contributed by atoms with Crippen molar-refractivity contribution in [3.05, 3.63) is 12.2 Å². The number of hydrogen-bond donors (Lipinski definition) is 0. The first-order valence-electron chi connectivity index (χ1n) is 8.58.